The second-order valence-electron chi connectivity index (χ2n) is 7.84. The third kappa shape index (κ3) is 4.93. The van der Waals surface area contributed by atoms with Crippen molar-refractivity contribution in [1.29, 1.82) is 0 Å². The van der Waals surface area contributed by atoms with Crippen molar-refractivity contribution in [2.75, 3.05) is 6.54 Å². The molecular formula is C23H28ClN3O3. The standard InChI is InChI=1S/C23H28ClN3O3/c1-4-5-11-26-22(28)20-18-12-17(24)8-9-19(18)30-21(15(2)3)23(29)27(20)14-16-7-6-10-25-13-16/h6-10,12-13,15,20-21H,4-5,11,14H2,1-3H3,(H,26,28). The van der Waals surface area contributed by atoms with Crippen LogP contribution in [-0.2, 0) is 16.1 Å². The molecule has 7 heteroatoms. The Morgan fingerprint density at radius 2 is 2.13 bits per heavy atom. The van der Waals surface area contributed by atoms with Crippen molar-refractivity contribution in [1.82, 2.24) is 15.2 Å². The van der Waals surface area contributed by atoms with Crippen molar-refractivity contribution < 1.29 is 14.3 Å². The van der Waals surface area contributed by atoms with E-state index in [1.165, 1.54) is 0 Å². The predicted molar refractivity (Wildman–Crippen MR) is 116 cm³/mol. The number of nitrogens with one attached hydrogen (secondary N) is 1. The van der Waals surface area contributed by atoms with E-state index < -0.39 is 12.1 Å². The monoisotopic (exact) mass is 429 g/mol. The van der Waals surface area contributed by atoms with Crippen LogP contribution in [0.4, 0.5) is 0 Å². The fourth-order valence-electron chi connectivity index (χ4n) is 3.53. The van der Waals surface area contributed by atoms with Gasteiger partial charge < -0.3 is 15.0 Å². The Hall–Kier alpha value is -2.60. The van der Waals surface area contributed by atoms with Gasteiger partial charge in [0.2, 0.25) is 5.91 Å². The van der Waals surface area contributed by atoms with E-state index in [-0.39, 0.29) is 24.3 Å². The summed E-state index contributed by atoms with van der Waals surface area (Å²) in [6, 6.07) is 8.03. The molecule has 2 atom stereocenters. The van der Waals surface area contributed by atoms with Crippen LogP contribution in [0.3, 0.4) is 0 Å². The molecular weight excluding hydrogens is 402 g/mol. The Bertz CT molecular complexity index is 889. The molecule has 2 heterocycles. The highest BCUT2D eigenvalue weighted by atomic mass is 35.5. The number of nitrogens with zero attached hydrogens (tertiary/aromatic N) is 2. The van der Waals surface area contributed by atoms with Crippen LogP contribution in [0.15, 0.2) is 42.7 Å². The molecule has 0 fully saturated rings. The summed E-state index contributed by atoms with van der Waals surface area (Å²) in [5.41, 5.74) is 1.43. The topological polar surface area (TPSA) is 71.5 Å². The molecule has 6 nitrogen and oxygen atoms in total. The average molecular weight is 430 g/mol. The summed E-state index contributed by atoms with van der Waals surface area (Å²) in [4.78, 5) is 32.6. The first-order valence-corrected chi connectivity index (χ1v) is 10.7. The van der Waals surface area contributed by atoms with Crippen molar-refractivity contribution in [3.05, 3.63) is 58.9 Å². The minimum absolute atomic E-state index is 0.0701. The summed E-state index contributed by atoms with van der Waals surface area (Å²) in [6.45, 7) is 6.72. The number of unbranched alkanes of at least 4 members (excludes halogenated alkanes) is 1. The maximum Gasteiger partial charge on any atom is 0.265 e. The van der Waals surface area contributed by atoms with Crippen LogP contribution in [0.2, 0.25) is 5.02 Å². The summed E-state index contributed by atoms with van der Waals surface area (Å²) in [7, 11) is 0. The highest BCUT2D eigenvalue weighted by Crippen LogP contribution is 2.38. The number of aromatic nitrogens is 1. The maximum absolute atomic E-state index is 13.6. The number of fused-ring (bicyclic) bond motifs is 1. The number of hydrogen-bond donors (Lipinski definition) is 1. The molecule has 1 aliphatic rings. The smallest absolute Gasteiger partial charge is 0.265 e. The van der Waals surface area contributed by atoms with E-state index in [4.69, 9.17) is 16.3 Å². The molecule has 160 valence electrons. The highest BCUT2D eigenvalue weighted by Gasteiger charge is 2.42. The molecule has 0 spiro atoms. The van der Waals surface area contributed by atoms with Crippen LogP contribution >= 0.6 is 11.6 Å². The van der Waals surface area contributed by atoms with Crippen LogP contribution in [-0.4, -0.2) is 34.3 Å². The molecule has 0 saturated carbocycles. The predicted octanol–water partition coefficient (Wildman–Crippen LogP) is 4.14. The van der Waals surface area contributed by atoms with Gasteiger partial charge in [-0.15, -0.1) is 0 Å². The molecule has 1 aromatic heterocycles. The Labute approximate surface area is 182 Å². The van der Waals surface area contributed by atoms with Crippen molar-refractivity contribution in [2.24, 2.45) is 5.92 Å². The normalized spacial score (nSPS) is 18.6. The van der Waals surface area contributed by atoms with Crippen molar-refractivity contribution in [3.8, 4) is 5.75 Å². The zero-order chi connectivity index (χ0) is 21.7. The molecule has 1 aromatic carbocycles. The molecule has 0 aliphatic carbocycles. The number of pyridine rings is 1. The molecule has 2 aromatic rings. The Kier molecular flexibility index (Phi) is 7.32. The third-order valence-corrected chi connectivity index (χ3v) is 5.35. The largest absolute Gasteiger partial charge is 0.480 e. The summed E-state index contributed by atoms with van der Waals surface area (Å²) in [6.07, 6.45) is 4.51. The Morgan fingerprint density at radius 1 is 1.33 bits per heavy atom. The SMILES string of the molecule is CCCCNC(=O)C1c2cc(Cl)ccc2OC(C(C)C)C(=O)N1Cc1cccnc1. The molecule has 30 heavy (non-hydrogen) atoms. The van der Waals surface area contributed by atoms with Gasteiger partial charge in [0.25, 0.3) is 5.91 Å². The fourth-order valence-corrected chi connectivity index (χ4v) is 3.71. The van der Waals surface area contributed by atoms with Gasteiger partial charge in [0, 0.05) is 36.1 Å². The Balaban J connectivity index is 2.08. The van der Waals surface area contributed by atoms with Gasteiger partial charge in [0.05, 0.1) is 0 Å². The number of hydrogen-bond acceptors (Lipinski definition) is 4. The minimum atomic E-state index is -0.841. The number of ether oxygens (including phenoxy) is 1. The van der Waals surface area contributed by atoms with Crippen LogP contribution < -0.4 is 10.1 Å². The van der Waals surface area contributed by atoms with Gasteiger partial charge >= 0.3 is 0 Å². The number of benzene rings is 1. The van der Waals surface area contributed by atoms with Gasteiger partial charge in [-0.05, 0) is 42.2 Å². The summed E-state index contributed by atoms with van der Waals surface area (Å²) in [5.74, 6) is -0.0239. The zero-order valence-corrected chi connectivity index (χ0v) is 18.4. The lowest BCUT2D eigenvalue weighted by atomic mass is 10.0. The first-order chi connectivity index (χ1) is 14.4. The molecule has 2 amide bonds. The van der Waals surface area contributed by atoms with E-state index >= 15 is 0 Å². The number of halogens is 1. The van der Waals surface area contributed by atoms with Gasteiger partial charge in [0.1, 0.15) is 11.8 Å². The van der Waals surface area contributed by atoms with Crippen LogP contribution in [0.5, 0.6) is 5.75 Å². The summed E-state index contributed by atoms with van der Waals surface area (Å²) < 4.78 is 6.11. The van der Waals surface area contributed by atoms with E-state index in [2.05, 4.69) is 17.2 Å². The molecule has 0 radical (unpaired) electrons. The van der Waals surface area contributed by atoms with E-state index in [1.807, 2.05) is 26.0 Å². The quantitative estimate of drug-likeness (QED) is 0.671. The van der Waals surface area contributed by atoms with E-state index in [9.17, 15) is 9.59 Å². The number of carbonyl (C=O) groups is 2. The van der Waals surface area contributed by atoms with Gasteiger partial charge in [-0.1, -0.05) is 44.9 Å². The molecule has 0 bridgehead atoms. The second kappa shape index (κ2) is 9.94. The first kappa shape index (κ1) is 22.1. The Morgan fingerprint density at radius 3 is 2.80 bits per heavy atom. The molecule has 0 saturated heterocycles. The minimum Gasteiger partial charge on any atom is -0.480 e. The number of amides is 2. The van der Waals surface area contributed by atoms with Crippen LogP contribution in [0.1, 0.15) is 50.8 Å². The van der Waals surface area contributed by atoms with Crippen molar-refractivity contribution in [2.45, 2.75) is 52.3 Å². The molecule has 1 aliphatic heterocycles. The summed E-state index contributed by atoms with van der Waals surface area (Å²) in [5, 5.41) is 3.46. The van der Waals surface area contributed by atoms with Gasteiger partial charge in [0.15, 0.2) is 6.10 Å². The average Bonchev–Trinajstić information content (AvgIpc) is 2.84. The number of carbonyl (C=O) groups excluding carboxylic acids is 2. The van der Waals surface area contributed by atoms with Crippen LogP contribution in [0.25, 0.3) is 0 Å². The summed E-state index contributed by atoms with van der Waals surface area (Å²) >= 11 is 6.27. The van der Waals surface area contributed by atoms with Crippen molar-refractivity contribution >= 4 is 23.4 Å². The lowest BCUT2D eigenvalue weighted by Crippen LogP contribution is -2.48. The van der Waals surface area contributed by atoms with Gasteiger partial charge in [-0.2, -0.15) is 0 Å². The third-order valence-electron chi connectivity index (χ3n) is 5.12. The molecule has 1 N–H and O–H groups in total. The zero-order valence-electron chi connectivity index (χ0n) is 17.6. The van der Waals surface area contributed by atoms with Crippen molar-refractivity contribution in [3.63, 3.8) is 0 Å². The number of rotatable bonds is 7. The van der Waals surface area contributed by atoms with Gasteiger partial charge in [-0.25, -0.2) is 0 Å². The lowest BCUT2D eigenvalue weighted by Gasteiger charge is -2.31. The first-order valence-electron chi connectivity index (χ1n) is 10.4. The van der Waals surface area contributed by atoms with Crippen LogP contribution in [0, 0.1) is 5.92 Å². The van der Waals surface area contributed by atoms with E-state index in [0.717, 1.165) is 18.4 Å². The highest BCUT2D eigenvalue weighted by molar-refractivity contribution is 6.30. The van der Waals surface area contributed by atoms with E-state index in [0.29, 0.717) is 22.9 Å². The fraction of sp³-hybridized carbons (Fsp3) is 0.435. The molecule has 2 unspecified atom stereocenters. The van der Waals surface area contributed by atoms with Gasteiger partial charge in [-0.3, -0.25) is 14.6 Å². The second-order valence-corrected chi connectivity index (χ2v) is 8.28. The molecule has 3 rings (SSSR count). The maximum atomic E-state index is 13.6. The van der Waals surface area contributed by atoms with E-state index in [1.54, 1.807) is 35.5 Å². The lowest BCUT2D eigenvalue weighted by molar-refractivity contribution is -0.147.